The van der Waals surface area contributed by atoms with E-state index >= 15 is 0 Å². The molecule has 0 saturated carbocycles. The molecule has 1 unspecified atom stereocenters. The Morgan fingerprint density at radius 3 is 2.70 bits per heavy atom. The third kappa shape index (κ3) is 4.10. The minimum absolute atomic E-state index is 0.0524. The second-order valence-electron chi connectivity index (χ2n) is 5.98. The van der Waals surface area contributed by atoms with Crippen molar-refractivity contribution < 1.29 is 14.0 Å². The summed E-state index contributed by atoms with van der Waals surface area (Å²) < 4.78 is 13.1. The van der Waals surface area contributed by atoms with Gasteiger partial charge in [-0.2, -0.15) is 10.4 Å². The lowest BCUT2D eigenvalue weighted by molar-refractivity contribution is -0.119. The number of hydrogen-bond acceptors (Lipinski definition) is 5. The number of primary amides is 1. The summed E-state index contributed by atoms with van der Waals surface area (Å²) >= 11 is 0. The largest absolute Gasteiger partial charge is 0.368 e. The number of hydrogen-bond donors (Lipinski definition) is 2. The van der Waals surface area contributed by atoms with Crippen molar-refractivity contribution >= 4 is 23.2 Å². The van der Waals surface area contributed by atoms with Gasteiger partial charge < -0.3 is 11.1 Å². The Morgan fingerprint density at radius 2 is 2.04 bits per heavy atom. The molecule has 1 heterocycles. The summed E-state index contributed by atoms with van der Waals surface area (Å²) in [6.07, 6.45) is 0.0524. The van der Waals surface area contributed by atoms with Crippen LogP contribution in [0.4, 0.5) is 10.1 Å². The Bertz CT molecular complexity index is 949. The summed E-state index contributed by atoms with van der Waals surface area (Å²) in [6.45, 7) is 0.213. The van der Waals surface area contributed by atoms with E-state index < -0.39 is 23.7 Å². The van der Waals surface area contributed by atoms with Crippen molar-refractivity contribution in [2.75, 3.05) is 5.01 Å². The highest BCUT2D eigenvalue weighted by Crippen LogP contribution is 2.25. The Hall–Kier alpha value is -3.73. The highest BCUT2D eigenvalue weighted by molar-refractivity contribution is 6.40. The van der Waals surface area contributed by atoms with E-state index in [1.165, 1.54) is 29.3 Å². The maximum Gasteiger partial charge on any atom is 0.267 e. The number of nitriles is 1. The number of nitrogens with zero attached hydrogens (tertiary/aromatic N) is 3. The van der Waals surface area contributed by atoms with Crippen LogP contribution >= 0.6 is 0 Å². The van der Waals surface area contributed by atoms with Crippen molar-refractivity contribution in [1.82, 2.24) is 5.32 Å². The molecule has 0 radical (unpaired) electrons. The molecular formula is C19H16FN5O2. The molecule has 0 aliphatic carbocycles. The number of carbonyl (C=O) groups is 2. The van der Waals surface area contributed by atoms with Gasteiger partial charge in [0.25, 0.3) is 5.91 Å². The fourth-order valence-corrected chi connectivity index (χ4v) is 2.74. The fourth-order valence-electron chi connectivity index (χ4n) is 2.74. The van der Waals surface area contributed by atoms with Crippen molar-refractivity contribution in [3.8, 4) is 6.07 Å². The molecule has 0 aromatic heterocycles. The molecule has 27 heavy (non-hydrogen) atoms. The Kier molecular flexibility index (Phi) is 5.13. The van der Waals surface area contributed by atoms with Crippen LogP contribution in [0.25, 0.3) is 0 Å². The average molecular weight is 365 g/mol. The molecule has 1 aliphatic rings. The molecule has 8 heteroatoms. The maximum atomic E-state index is 13.1. The average Bonchev–Trinajstić information content (AvgIpc) is 3.13. The number of anilines is 1. The molecule has 7 nitrogen and oxygen atoms in total. The van der Waals surface area contributed by atoms with Gasteiger partial charge in [-0.05, 0) is 42.0 Å². The van der Waals surface area contributed by atoms with Gasteiger partial charge in [0.1, 0.15) is 17.6 Å². The predicted octanol–water partition coefficient (Wildman–Crippen LogP) is 1.43. The third-order valence-corrected chi connectivity index (χ3v) is 4.10. The van der Waals surface area contributed by atoms with E-state index in [1.807, 2.05) is 6.07 Å². The van der Waals surface area contributed by atoms with Gasteiger partial charge in [-0.3, -0.25) is 14.6 Å². The zero-order valence-electron chi connectivity index (χ0n) is 14.2. The van der Waals surface area contributed by atoms with Gasteiger partial charge in [0.2, 0.25) is 5.91 Å². The number of hydrazone groups is 1. The molecule has 1 atom stereocenters. The summed E-state index contributed by atoms with van der Waals surface area (Å²) in [4.78, 5) is 24.2. The van der Waals surface area contributed by atoms with Crippen LogP contribution in [0.3, 0.4) is 0 Å². The molecule has 2 aromatic carbocycles. The number of benzene rings is 2. The first-order valence-electron chi connectivity index (χ1n) is 8.17. The first-order valence-corrected chi connectivity index (χ1v) is 8.17. The van der Waals surface area contributed by atoms with Crippen molar-refractivity contribution in [3.63, 3.8) is 0 Å². The van der Waals surface area contributed by atoms with E-state index in [2.05, 4.69) is 10.4 Å². The van der Waals surface area contributed by atoms with Crippen LogP contribution < -0.4 is 16.1 Å². The number of carbonyl (C=O) groups excluding carboxylic acids is 2. The molecule has 3 rings (SSSR count). The van der Waals surface area contributed by atoms with Crippen LogP contribution in [-0.2, 0) is 16.1 Å². The van der Waals surface area contributed by atoms with Crippen LogP contribution in [0.2, 0.25) is 0 Å². The second kappa shape index (κ2) is 7.66. The normalized spacial score (nSPS) is 15.8. The summed E-state index contributed by atoms with van der Waals surface area (Å²) in [7, 11) is 0. The predicted molar refractivity (Wildman–Crippen MR) is 96.9 cm³/mol. The topological polar surface area (TPSA) is 112 Å². The lowest BCUT2D eigenvalue weighted by Gasteiger charge is -2.20. The van der Waals surface area contributed by atoms with Gasteiger partial charge in [-0.15, -0.1) is 0 Å². The van der Waals surface area contributed by atoms with Crippen molar-refractivity contribution in [3.05, 3.63) is 65.5 Å². The lowest BCUT2D eigenvalue weighted by atomic mass is 10.1. The number of rotatable bonds is 5. The van der Waals surface area contributed by atoms with E-state index in [9.17, 15) is 14.0 Å². The molecule has 0 fully saturated rings. The van der Waals surface area contributed by atoms with E-state index in [1.54, 1.807) is 24.3 Å². The molecule has 3 N–H and O–H groups in total. The quantitative estimate of drug-likeness (QED) is 0.835. The van der Waals surface area contributed by atoms with E-state index in [0.29, 0.717) is 11.3 Å². The van der Waals surface area contributed by atoms with Gasteiger partial charge in [0.15, 0.2) is 0 Å². The molecule has 1 aliphatic heterocycles. The Morgan fingerprint density at radius 1 is 1.30 bits per heavy atom. The number of amides is 2. The van der Waals surface area contributed by atoms with Gasteiger partial charge in [0.05, 0.1) is 17.3 Å². The second-order valence-corrected chi connectivity index (χ2v) is 5.98. The van der Waals surface area contributed by atoms with Crippen molar-refractivity contribution in [1.29, 1.82) is 5.26 Å². The van der Waals surface area contributed by atoms with Gasteiger partial charge in [-0.1, -0.05) is 12.1 Å². The smallest absolute Gasteiger partial charge is 0.267 e. The fraction of sp³-hybridized carbons (Fsp3) is 0.158. The Balaban J connectivity index is 1.74. The van der Waals surface area contributed by atoms with E-state index in [0.717, 1.165) is 5.56 Å². The first kappa shape index (κ1) is 18.1. The highest BCUT2D eigenvalue weighted by Gasteiger charge is 2.34. The minimum Gasteiger partial charge on any atom is -0.368 e. The van der Waals surface area contributed by atoms with Crippen LogP contribution in [0.5, 0.6) is 0 Å². The summed E-state index contributed by atoms with van der Waals surface area (Å²) in [5, 5.41) is 17.2. The molecular weight excluding hydrogens is 349 g/mol. The molecule has 2 aromatic rings. The first-order chi connectivity index (χ1) is 13.0. The van der Waals surface area contributed by atoms with Crippen LogP contribution in [0.15, 0.2) is 53.6 Å². The summed E-state index contributed by atoms with van der Waals surface area (Å²) in [6, 6.07) is 13.5. The van der Waals surface area contributed by atoms with Gasteiger partial charge in [0, 0.05) is 13.0 Å². The van der Waals surface area contributed by atoms with Crippen molar-refractivity contribution in [2.45, 2.75) is 19.0 Å². The van der Waals surface area contributed by atoms with Crippen LogP contribution in [0.1, 0.15) is 17.5 Å². The standard InChI is InChI=1S/C19H16FN5O2/c20-14-4-6-15(7-5-14)25-17(18(22)26)9-16(24-25)19(27)23-11-13-3-1-2-12(8-13)10-21/h1-8,17H,9,11H2,(H2,22,26)(H,23,27). The van der Waals surface area contributed by atoms with Crippen molar-refractivity contribution in [2.24, 2.45) is 10.8 Å². The molecule has 136 valence electrons. The number of nitrogens with one attached hydrogen (secondary N) is 1. The monoisotopic (exact) mass is 365 g/mol. The lowest BCUT2D eigenvalue weighted by Crippen LogP contribution is -2.39. The summed E-state index contributed by atoms with van der Waals surface area (Å²) in [5.74, 6) is -1.49. The van der Waals surface area contributed by atoms with Crippen LogP contribution in [-0.4, -0.2) is 23.6 Å². The van der Waals surface area contributed by atoms with Gasteiger partial charge >= 0.3 is 0 Å². The molecule has 0 bridgehead atoms. The van der Waals surface area contributed by atoms with E-state index in [-0.39, 0.29) is 18.7 Å². The molecule has 0 spiro atoms. The molecule has 2 amide bonds. The van der Waals surface area contributed by atoms with Gasteiger partial charge in [-0.25, -0.2) is 4.39 Å². The molecule has 0 saturated heterocycles. The Labute approximate surface area is 154 Å². The minimum atomic E-state index is -0.821. The SMILES string of the molecule is N#Cc1cccc(CNC(=O)C2=NN(c3ccc(F)cc3)C(C(N)=O)C2)c1. The summed E-state index contributed by atoms with van der Waals surface area (Å²) in [5.41, 5.74) is 7.30. The number of halogens is 1. The zero-order valence-corrected chi connectivity index (χ0v) is 14.2. The zero-order chi connectivity index (χ0) is 19.4. The number of nitrogens with two attached hydrogens (primary N) is 1. The van der Waals surface area contributed by atoms with E-state index in [4.69, 9.17) is 11.0 Å². The third-order valence-electron chi connectivity index (χ3n) is 4.10. The maximum absolute atomic E-state index is 13.1. The highest BCUT2D eigenvalue weighted by atomic mass is 19.1. The van der Waals surface area contributed by atoms with Crippen LogP contribution in [0, 0.1) is 17.1 Å².